The zero-order valence-electron chi connectivity index (χ0n) is 14.4. The van der Waals surface area contributed by atoms with Crippen molar-refractivity contribution in [2.75, 3.05) is 25.4 Å². The van der Waals surface area contributed by atoms with Gasteiger partial charge in [0.25, 0.3) is 0 Å². The van der Waals surface area contributed by atoms with E-state index in [1.165, 1.54) is 25.9 Å². The normalized spacial score (nSPS) is 34.7. The summed E-state index contributed by atoms with van der Waals surface area (Å²) in [6, 6.07) is 0.794. The first kappa shape index (κ1) is 17.6. The van der Waals surface area contributed by atoms with E-state index < -0.39 is 10.0 Å². The maximum atomic E-state index is 12.3. The average molecular weight is 345 g/mol. The zero-order chi connectivity index (χ0) is 16.3. The summed E-state index contributed by atoms with van der Waals surface area (Å²) in [6.07, 6.45) is 8.59. The Kier molecular flexibility index (Phi) is 5.99. The van der Waals surface area contributed by atoms with Crippen molar-refractivity contribution in [2.24, 2.45) is 5.92 Å². The predicted molar refractivity (Wildman–Crippen MR) is 91.9 cm³/mol. The molecule has 2 aliphatic heterocycles. The van der Waals surface area contributed by atoms with Gasteiger partial charge in [-0.2, -0.15) is 0 Å². The van der Waals surface area contributed by atoms with E-state index in [9.17, 15) is 8.42 Å². The Morgan fingerprint density at radius 1 is 1.04 bits per heavy atom. The molecular weight excluding hydrogens is 312 g/mol. The van der Waals surface area contributed by atoms with Crippen molar-refractivity contribution >= 4 is 10.0 Å². The Morgan fingerprint density at radius 3 is 2.35 bits per heavy atom. The van der Waals surface area contributed by atoms with Crippen molar-refractivity contribution in [1.29, 1.82) is 0 Å². The number of piperidine rings is 1. The van der Waals surface area contributed by atoms with Gasteiger partial charge in [-0.3, -0.25) is 0 Å². The van der Waals surface area contributed by atoms with E-state index in [2.05, 4.69) is 16.5 Å². The third kappa shape index (κ3) is 5.15. The number of nitrogens with one attached hydrogen (secondary N) is 1. The van der Waals surface area contributed by atoms with Gasteiger partial charge in [0, 0.05) is 18.7 Å². The van der Waals surface area contributed by atoms with Gasteiger partial charge in [-0.05, 0) is 70.4 Å². The summed E-state index contributed by atoms with van der Waals surface area (Å²) >= 11 is 0. The maximum Gasteiger partial charge on any atom is 0.214 e. The van der Waals surface area contributed by atoms with Crippen molar-refractivity contribution in [3.05, 3.63) is 0 Å². The molecule has 6 heteroatoms. The van der Waals surface area contributed by atoms with E-state index in [1.807, 2.05) is 0 Å². The van der Waals surface area contributed by atoms with Gasteiger partial charge in [-0.1, -0.05) is 6.92 Å². The highest BCUT2D eigenvalue weighted by Gasteiger charge is 2.31. The fourth-order valence-corrected chi connectivity index (χ4v) is 5.87. The summed E-state index contributed by atoms with van der Waals surface area (Å²) in [4.78, 5) is 2.64. The van der Waals surface area contributed by atoms with Gasteiger partial charge in [0.05, 0.1) is 11.9 Å². The summed E-state index contributed by atoms with van der Waals surface area (Å²) in [5.74, 6) is 1.00. The van der Waals surface area contributed by atoms with Crippen LogP contribution in [0.15, 0.2) is 0 Å². The molecule has 0 aromatic carbocycles. The van der Waals surface area contributed by atoms with Crippen LogP contribution < -0.4 is 4.72 Å². The molecule has 3 rings (SSSR count). The molecule has 3 fully saturated rings. The summed E-state index contributed by atoms with van der Waals surface area (Å²) in [5.41, 5.74) is 0. The number of rotatable bonds is 5. The minimum Gasteiger partial charge on any atom is -0.377 e. The van der Waals surface area contributed by atoms with E-state index in [0.29, 0.717) is 12.6 Å². The highest BCUT2D eigenvalue weighted by molar-refractivity contribution is 7.89. The Balaban J connectivity index is 1.41. The maximum absolute atomic E-state index is 12.3. The van der Waals surface area contributed by atoms with Crippen LogP contribution in [0.2, 0.25) is 0 Å². The van der Waals surface area contributed by atoms with Crippen LogP contribution in [0.4, 0.5) is 0 Å². The molecule has 1 aliphatic carbocycles. The SMILES string of the molecule is CC1CCN(C2CCC(NS(=O)(=O)CC3CCCO3)CC2)CC1. The quantitative estimate of drug-likeness (QED) is 0.830. The molecule has 2 saturated heterocycles. The molecular formula is C17H32N2O3S. The molecule has 0 spiro atoms. The van der Waals surface area contributed by atoms with Gasteiger partial charge in [-0.25, -0.2) is 13.1 Å². The van der Waals surface area contributed by atoms with E-state index in [1.54, 1.807) is 0 Å². The van der Waals surface area contributed by atoms with Crippen LogP contribution in [0.3, 0.4) is 0 Å². The molecule has 0 aromatic heterocycles. The molecule has 0 amide bonds. The molecule has 5 nitrogen and oxygen atoms in total. The Labute approximate surface area is 141 Å². The number of sulfonamides is 1. The van der Waals surface area contributed by atoms with Crippen LogP contribution in [-0.4, -0.2) is 57.0 Å². The second kappa shape index (κ2) is 7.81. The van der Waals surface area contributed by atoms with Crippen LogP contribution >= 0.6 is 0 Å². The molecule has 1 atom stereocenters. The standard InChI is InChI=1S/C17H32N2O3S/c1-14-8-10-19(11-9-14)16-6-4-15(5-7-16)18-23(20,21)13-17-3-2-12-22-17/h14-18H,2-13H2,1H3. The van der Waals surface area contributed by atoms with E-state index >= 15 is 0 Å². The minimum absolute atomic E-state index is 0.0980. The van der Waals surface area contributed by atoms with Crippen molar-refractivity contribution in [2.45, 2.75) is 76.5 Å². The highest BCUT2D eigenvalue weighted by atomic mass is 32.2. The third-order valence-corrected chi connectivity index (χ3v) is 7.31. The van der Waals surface area contributed by atoms with Crippen LogP contribution in [0.1, 0.15) is 58.3 Å². The second-order valence-electron chi connectivity index (χ2n) is 7.76. The van der Waals surface area contributed by atoms with Crippen molar-refractivity contribution < 1.29 is 13.2 Å². The van der Waals surface area contributed by atoms with Gasteiger partial charge in [0.1, 0.15) is 0 Å². The first-order valence-corrected chi connectivity index (χ1v) is 11.0. The number of nitrogens with zero attached hydrogens (tertiary/aromatic N) is 1. The first-order chi connectivity index (χ1) is 11.0. The Bertz CT molecular complexity index is 460. The number of likely N-dealkylation sites (tertiary alicyclic amines) is 1. The van der Waals surface area contributed by atoms with Crippen molar-refractivity contribution in [1.82, 2.24) is 9.62 Å². The molecule has 23 heavy (non-hydrogen) atoms. The van der Waals surface area contributed by atoms with Crippen LogP contribution in [0.5, 0.6) is 0 Å². The van der Waals surface area contributed by atoms with E-state index in [0.717, 1.165) is 44.4 Å². The van der Waals surface area contributed by atoms with Crippen LogP contribution in [0, 0.1) is 5.92 Å². The van der Waals surface area contributed by atoms with Gasteiger partial charge >= 0.3 is 0 Å². The smallest absolute Gasteiger partial charge is 0.214 e. The molecule has 1 unspecified atom stereocenters. The molecule has 2 heterocycles. The summed E-state index contributed by atoms with van der Waals surface area (Å²) in [5, 5.41) is 0. The molecule has 0 bridgehead atoms. The lowest BCUT2D eigenvalue weighted by Gasteiger charge is -2.40. The highest BCUT2D eigenvalue weighted by Crippen LogP contribution is 2.27. The zero-order valence-corrected chi connectivity index (χ0v) is 15.2. The number of hydrogen-bond donors (Lipinski definition) is 1. The van der Waals surface area contributed by atoms with Gasteiger partial charge in [-0.15, -0.1) is 0 Å². The topological polar surface area (TPSA) is 58.6 Å². The Morgan fingerprint density at radius 2 is 1.74 bits per heavy atom. The van der Waals surface area contributed by atoms with Gasteiger partial charge in [0.2, 0.25) is 10.0 Å². The minimum atomic E-state index is -3.20. The Hall–Kier alpha value is -0.170. The lowest BCUT2D eigenvalue weighted by molar-refractivity contribution is 0.105. The molecule has 1 saturated carbocycles. The summed E-state index contributed by atoms with van der Waals surface area (Å²) in [7, 11) is -3.20. The van der Waals surface area contributed by atoms with E-state index in [-0.39, 0.29) is 17.9 Å². The molecule has 0 aromatic rings. The number of ether oxygens (including phenoxy) is 1. The molecule has 134 valence electrons. The average Bonchev–Trinajstić information content (AvgIpc) is 3.00. The molecule has 0 radical (unpaired) electrons. The molecule has 1 N–H and O–H groups in total. The predicted octanol–water partition coefficient (Wildman–Crippen LogP) is 2.13. The second-order valence-corrected chi connectivity index (χ2v) is 9.56. The van der Waals surface area contributed by atoms with Gasteiger partial charge in [0.15, 0.2) is 0 Å². The molecule has 3 aliphatic rings. The van der Waals surface area contributed by atoms with Crippen LogP contribution in [-0.2, 0) is 14.8 Å². The summed E-state index contributed by atoms with van der Waals surface area (Å²) < 4.78 is 32.9. The van der Waals surface area contributed by atoms with Crippen molar-refractivity contribution in [3.8, 4) is 0 Å². The monoisotopic (exact) mass is 344 g/mol. The largest absolute Gasteiger partial charge is 0.377 e. The van der Waals surface area contributed by atoms with Crippen molar-refractivity contribution in [3.63, 3.8) is 0 Å². The third-order valence-electron chi connectivity index (χ3n) is 5.81. The fraction of sp³-hybridized carbons (Fsp3) is 1.00. The van der Waals surface area contributed by atoms with Crippen LogP contribution in [0.25, 0.3) is 0 Å². The van der Waals surface area contributed by atoms with E-state index in [4.69, 9.17) is 4.74 Å². The number of hydrogen-bond acceptors (Lipinski definition) is 4. The van der Waals surface area contributed by atoms with Gasteiger partial charge < -0.3 is 9.64 Å². The summed E-state index contributed by atoms with van der Waals surface area (Å²) in [6.45, 7) is 5.50. The first-order valence-electron chi connectivity index (χ1n) is 9.37. The lowest BCUT2D eigenvalue weighted by Crippen LogP contribution is -2.47. The fourth-order valence-electron chi connectivity index (χ4n) is 4.28. The lowest BCUT2D eigenvalue weighted by atomic mass is 9.88.